The smallest absolute Gasteiger partial charge is 0.249 e. The lowest BCUT2D eigenvalue weighted by atomic mass is 9.61. The van der Waals surface area contributed by atoms with Gasteiger partial charge < -0.3 is 15.1 Å². The van der Waals surface area contributed by atoms with Crippen LogP contribution in [-0.2, 0) is 0 Å². The molecule has 0 aromatic carbocycles. The molecule has 4 rings (SSSR count). The number of allylic oxidation sites excluding steroid dienone is 3. The second kappa shape index (κ2) is 10.4. The molecule has 3 unspecified atom stereocenters. The fourth-order valence-electron chi connectivity index (χ4n) is 8.03. The molecule has 4 fully saturated rings. The second-order valence-corrected chi connectivity index (χ2v) is 12.7. The van der Waals surface area contributed by atoms with Crippen LogP contribution in [0.3, 0.4) is 0 Å². The Bertz CT molecular complexity index is 846. The number of fused-ring (bicyclic) bond motifs is 1. The molecular formula is C30H47F2NO2. The Morgan fingerprint density at radius 1 is 1.20 bits per heavy atom. The van der Waals surface area contributed by atoms with Crippen molar-refractivity contribution in [1.29, 1.82) is 0 Å². The van der Waals surface area contributed by atoms with Gasteiger partial charge in [-0.15, -0.1) is 0 Å². The van der Waals surface area contributed by atoms with Gasteiger partial charge in [-0.25, -0.2) is 8.78 Å². The molecule has 0 bridgehead atoms. The van der Waals surface area contributed by atoms with E-state index in [0.717, 1.165) is 44.0 Å². The molecule has 35 heavy (non-hydrogen) atoms. The van der Waals surface area contributed by atoms with E-state index in [2.05, 4.69) is 37.5 Å². The lowest BCUT2D eigenvalue weighted by Gasteiger charge is -2.46. The van der Waals surface area contributed by atoms with Crippen molar-refractivity contribution >= 4 is 0 Å². The zero-order valence-electron chi connectivity index (χ0n) is 22.3. The monoisotopic (exact) mass is 491 g/mol. The van der Waals surface area contributed by atoms with Crippen molar-refractivity contribution < 1.29 is 19.0 Å². The molecule has 8 atom stereocenters. The maximum atomic E-state index is 14.0. The Morgan fingerprint density at radius 2 is 1.94 bits per heavy atom. The average Bonchev–Trinajstić information content (AvgIpc) is 3.16. The summed E-state index contributed by atoms with van der Waals surface area (Å²) in [6, 6.07) is 0. The van der Waals surface area contributed by atoms with Gasteiger partial charge in [0.1, 0.15) is 0 Å². The Balaban J connectivity index is 1.45. The molecule has 1 aliphatic heterocycles. The summed E-state index contributed by atoms with van der Waals surface area (Å²) < 4.78 is 27.9. The normalized spacial score (nSPS) is 42.5. The Hall–Kier alpha value is -1.04. The molecule has 5 heteroatoms. The van der Waals surface area contributed by atoms with Crippen molar-refractivity contribution in [3.63, 3.8) is 0 Å². The van der Waals surface area contributed by atoms with Crippen LogP contribution in [0.15, 0.2) is 35.5 Å². The molecule has 1 saturated heterocycles. The SMILES string of the molecule is C=C1/C(=C\C=C2/CCC[C@]3(C)[C@@H]([C@H](C)CN4CCC[C@H](C(C)(F)F)C4)CC[C@@H]23)CC(O)C(C)C1O. The molecule has 4 aliphatic rings. The molecule has 3 saturated carbocycles. The van der Waals surface area contributed by atoms with E-state index < -0.39 is 24.0 Å². The third kappa shape index (κ3) is 5.48. The number of rotatable bonds is 5. The number of aliphatic hydroxyl groups excluding tert-OH is 2. The van der Waals surface area contributed by atoms with Crippen LogP contribution in [0.25, 0.3) is 0 Å². The molecular weight excluding hydrogens is 444 g/mol. The second-order valence-electron chi connectivity index (χ2n) is 12.7. The Labute approximate surface area is 211 Å². The first-order valence-corrected chi connectivity index (χ1v) is 14.0. The van der Waals surface area contributed by atoms with Gasteiger partial charge in [0.05, 0.1) is 12.2 Å². The number of alkyl halides is 2. The Morgan fingerprint density at radius 3 is 2.66 bits per heavy atom. The van der Waals surface area contributed by atoms with Crippen molar-refractivity contribution in [2.45, 2.75) is 97.2 Å². The first-order chi connectivity index (χ1) is 16.4. The summed E-state index contributed by atoms with van der Waals surface area (Å²) in [6.07, 6.45) is 11.2. The van der Waals surface area contributed by atoms with Crippen LogP contribution in [-0.4, -0.2) is 52.9 Å². The molecule has 0 amide bonds. The molecule has 0 aromatic heterocycles. The third-order valence-corrected chi connectivity index (χ3v) is 10.3. The van der Waals surface area contributed by atoms with Gasteiger partial charge in [-0.2, -0.15) is 0 Å². The molecule has 1 heterocycles. The van der Waals surface area contributed by atoms with E-state index in [1.807, 2.05) is 6.92 Å². The van der Waals surface area contributed by atoms with Gasteiger partial charge in [0.25, 0.3) is 0 Å². The van der Waals surface area contributed by atoms with Crippen molar-refractivity contribution in [1.82, 2.24) is 4.90 Å². The minimum atomic E-state index is -2.59. The van der Waals surface area contributed by atoms with Crippen LogP contribution in [0.1, 0.15) is 79.1 Å². The number of hydrogen-bond donors (Lipinski definition) is 2. The van der Waals surface area contributed by atoms with Gasteiger partial charge in [-0.3, -0.25) is 0 Å². The van der Waals surface area contributed by atoms with Crippen LogP contribution >= 0.6 is 0 Å². The first-order valence-electron chi connectivity index (χ1n) is 14.0. The maximum absolute atomic E-state index is 14.0. The molecule has 2 N–H and O–H groups in total. The van der Waals surface area contributed by atoms with Crippen LogP contribution < -0.4 is 0 Å². The fraction of sp³-hybridized carbons (Fsp3) is 0.800. The topological polar surface area (TPSA) is 43.7 Å². The van der Waals surface area contributed by atoms with Gasteiger partial charge in [0.2, 0.25) is 5.92 Å². The quantitative estimate of drug-likeness (QED) is 0.469. The highest BCUT2D eigenvalue weighted by Crippen LogP contribution is 2.59. The van der Waals surface area contributed by atoms with Crippen LogP contribution in [0, 0.1) is 35.0 Å². The van der Waals surface area contributed by atoms with Crippen molar-refractivity contribution in [2.24, 2.45) is 35.0 Å². The lowest BCUT2D eigenvalue weighted by Crippen LogP contribution is -2.46. The number of piperidine rings is 1. The maximum Gasteiger partial charge on any atom is 0.249 e. The number of likely N-dealkylation sites (tertiary alicyclic amines) is 1. The average molecular weight is 492 g/mol. The van der Waals surface area contributed by atoms with Gasteiger partial charge in [-0.1, -0.05) is 45.1 Å². The van der Waals surface area contributed by atoms with Crippen LogP contribution in [0.5, 0.6) is 0 Å². The van der Waals surface area contributed by atoms with Gasteiger partial charge in [0.15, 0.2) is 0 Å². The zero-order valence-corrected chi connectivity index (χ0v) is 22.3. The molecule has 0 aromatic rings. The predicted molar refractivity (Wildman–Crippen MR) is 138 cm³/mol. The van der Waals surface area contributed by atoms with Crippen molar-refractivity contribution in [3.8, 4) is 0 Å². The number of halogens is 2. The number of nitrogens with zero attached hydrogens (tertiary/aromatic N) is 1. The predicted octanol–water partition coefficient (Wildman–Crippen LogP) is 6.38. The standard InChI is InChI=1S/C30H47F2NO2/c1-19(17-33-15-7-9-24(18-33)30(5,31)32)25-12-13-26-22(8-6-14-29(25,26)4)10-11-23-16-27(34)21(3)28(35)20(23)2/h10-11,19,21,24-28,34-35H,2,6-9,12-18H2,1,3-5H3/b22-10+,23-11-/t19-,21?,24+,25-,26+,27?,28?,29-/m1/s1. The van der Waals surface area contributed by atoms with Crippen LogP contribution in [0.4, 0.5) is 8.78 Å². The summed E-state index contributed by atoms with van der Waals surface area (Å²) in [5.41, 5.74) is 3.47. The number of aliphatic hydroxyl groups is 2. The van der Waals surface area contributed by atoms with E-state index in [4.69, 9.17) is 0 Å². The highest BCUT2D eigenvalue weighted by atomic mass is 19.3. The van der Waals surface area contributed by atoms with Gasteiger partial charge in [-0.05, 0) is 99.1 Å². The highest BCUT2D eigenvalue weighted by molar-refractivity contribution is 5.39. The molecule has 3 aliphatic carbocycles. The van der Waals surface area contributed by atoms with E-state index in [0.29, 0.717) is 37.1 Å². The summed E-state index contributed by atoms with van der Waals surface area (Å²) in [5.74, 6) is -1.61. The molecule has 3 nitrogen and oxygen atoms in total. The highest BCUT2D eigenvalue weighted by Gasteiger charge is 2.51. The Kier molecular flexibility index (Phi) is 8.01. The van der Waals surface area contributed by atoms with E-state index in [9.17, 15) is 19.0 Å². The van der Waals surface area contributed by atoms with E-state index in [-0.39, 0.29) is 11.3 Å². The fourth-order valence-corrected chi connectivity index (χ4v) is 8.03. The summed E-state index contributed by atoms with van der Waals surface area (Å²) in [5, 5.41) is 20.8. The minimum absolute atomic E-state index is 0.180. The van der Waals surface area contributed by atoms with Gasteiger partial charge in [0, 0.05) is 24.9 Å². The van der Waals surface area contributed by atoms with Crippen molar-refractivity contribution in [3.05, 3.63) is 35.5 Å². The summed E-state index contributed by atoms with van der Waals surface area (Å²) in [7, 11) is 0. The summed E-state index contributed by atoms with van der Waals surface area (Å²) in [6.45, 7) is 14.3. The zero-order chi connectivity index (χ0) is 25.5. The van der Waals surface area contributed by atoms with Gasteiger partial charge >= 0.3 is 0 Å². The summed E-state index contributed by atoms with van der Waals surface area (Å²) >= 11 is 0. The van der Waals surface area contributed by atoms with E-state index in [1.165, 1.54) is 31.3 Å². The van der Waals surface area contributed by atoms with E-state index in [1.54, 1.807) is 0 Å². The summed E-state index contributed by atoms with van der Waals surface area (Å²) in [4.78, 5) is 2.31. The molecule has 0 radical (unpaired) electrons. The van der Waals surface area contributed by atoms with Crippen molar-refractivity contribution in [2.75, 3.05) is 19.6 Å². The first kappa shape index (κ1) is 27.0. The van der Waals surface area contributed by atoms with E-state index >= 15 is 0 Å². The largest absolute Gasteiger partial charge is 0.392 e. The lowest BCUT2D eigenvalue weighted by molar-refractivity contribution is -0.0695. The third-order valence-electron chi connectivity index (χ3n) is 10.3. The molecule has 198 valence electrons. The molecule has 0 spiro atoms. The minimum Gasteiger partial charge on any atom is -0.392 e. The number of hydrogen-bond acceptors (Lipinski definition) is 3. The van der Waals surface area contributed by atoms with Crippen LogP contribution in [0.2, 0.25) is 0 Å².